The van der Waals surface area contributed by atoms with Gasteiger partial charge in [0.2, 0.25) is 11.1 Å². The summed E-state index contributed by atoms with van der Waals surface area (Å²) in [5.41, 5.74) is 1.65. The highest BCUT2D eigenvalue weighted by Gasteiger charge is 2.35. The van der Waals surface area contributed by atoms with Gasteiger partial charge in [-0.3, -0.25) is 4.79 Å². The molecule has 0 saturated carbocycles. The Bertz CT molecular complexity index is 1080. The van der Waals surface area contributed by atoms with Crippen molar-refractivity contribution >= 4 is 23.4 Å². The quantitative estimate of drug-likeness (QED) is 0.533. The fourth-order valence-corrected chi connectivity index (χ4v) is 4.00. The minimum atomic E-state index is -4.57. The number of hydrogen-bond donors (Lipinski definition) is 1. The molecule has 0 bridgehead atoms. The van der Waals surface area contributed by atoms with Crippen molar-refractivity contribution in [3.8, 4) is 5.69 Å². The number of carbonyl (C=O) groups excluding carboxylic acids is 1. The molecular weight excluding hydrogens is 427 g/mol. The third-order valence-corrected chi connectivity index (χ3v) is 6.31. The number of benzene rings is 2. The predicted molar refractivity (Wildman–Crippen MR) is 113 cm³/mol. The molecule has 1 heterocycles. The van der Waals surface area contributed by atoms with Crippen molar-refractivity contribution in [3.63, 3.8) is 0 Å². The molecule has 1 unspecified atom stereocenters. The fraction of sp³-hybridized carbons (Fsp3) is 0.333. The van der Waals surface area contributed by atoms with Gasteiger partial charge in [0.1, 0.15) is 0 Å². The van der Waals surface area contributed by atoms with Crippen LogP contribution in [0.4, 0.5) is 18.9 Å². The summed E-state index contributed by atoms with van der Waals surface area (Å²) in [4.78, 5) is 13.0. The molecule has 1 aromatic heterocycles. The molecule has 1 N–H and O–H groups in total. The number of tetrazole rings is 1. The predicted octanol–water partition coefficient (Wildman–Crippen LogP) is 5.05. The number of thioether (sulfide) groups is 1. The highest BCUT2D eigenvalue weighted by molar-refractivity contribution is 8.00. The molecule has 0 spiro atoms. The fourth-order valence-electron chi connectivity index (χ4n) is 3.02. The third-order valence-electron chi connectivity index (χ3n) is 4.83. The van der Waals surface area contributed by atoms with Gasteiger partial charge in [-0.1, -0.05) is 49.9 Å². The molecule has 0 saturated heterocycles. The molecule has 10 heteroatoms. The van der Waals surface area contributed by atoms with E-state index in [4.69, 9.17) is 0 Å². The van der Waals surface area contributed by atoms with Gasteiger partial charge in [0.05, 0.1) is 22.2 Å². The lowest BCUT2D eigenvalue weighted by Gasteiger charge is -2.21. The van der Waals surface area contributed by atoms with E-state index in [1.165, 1.54) is 18.2 Å². The first-order valence-corrected chi connectivity index (χ1v) is 10.5. The number of aromatic nitrogens is 4. The van der Waals surface area contributed by atoms with Crippen molar-refractivity contribution in [1.29, 1.82) is 0 Å². The van der Waals surface area contributed by atoms with Crippen molar-refractivity contribution in [2.24, 2.45) is 5.92 Å². The Morgan fingerprint density at radius 1 is 1.10 bits per heavy atom. The van der Waals surface area contributed by atoms with Crippen LogP contribution in [-0.2, 0) is 11.0 Å². The Morgan fingerprint density at radius 3 is 2.48 bits per heavy atom. The van der Waals surface area contributed by atoms with Crippen LogP contribution in [0.1, 0.15) is 30.5 Å². The average molecular weight is 450 g/mol. The van der Waals surface area contributed by atoms with Crippen molar-refractivity contribution < 1.29 is 18.0 Å². The second-order valence-electron chi connectivity index (χ2n) is 7.41. The highest BCUT2D eigenvalue weighted by Crippen LogP contribution is 2.36. The zero-order valence-corrected chi connectivity index (χ0v) is 18.3. The Morgan fingerprint density at radius 2 is 1.81 bits per heavy atom. The Hall–Kier alpha value is -2.88. The minimum absolute atomic E-state index is 0.188. The van der Waals surface area contributed by atoms with Crippen molar-refractivity contribution in [3.05, 3.63) is 59.2 Å². The number of amides is 1. The van der Waals surface area contributed by atoms with Crippen LogP contribution >= 0.6 is 11.8 Å². The van der Waals surface area contributed by atoms with Crippen LogP contribution in [0, 0.1) is 19.8 Å². The topological polar surface area (TPSA) is 72.7 Å². The van der Waals surface area contributed by atoms with Crippen LogP contribution in [-0.4, -0.2) is 31.4 Å². The normalized spacial score (nSPS) is 12.8. The maximum Gasteiger partial charge on any atom is 0.418 e. The van der Waals surface area contributed by atoms with Crippen LogP contribution in [0.15, 0.2) is 47.6 Å². The van der Waals surface area contributed by atoms with Gasteiger partial charge >= 0.3 is 6.18 Å². The van der Waals surface area contributed by atoms with E-state index in [0.29, 0.717) is 5.16 Å². The second-order valence-corrected chi connectivity index (χ2v) is 8.52. The second kappa shape index (κ2) is 9.09. The van der Waals surface area contributed by atoms with Crippen LogP contribution < -0.4 is 5.32 Å². The largest absolute Gasteiger partial charge is 0.418 e. The summed E-state index contributed by atoms with van der Waals surface area (Å²) >= 11 is 1.11. The first kappa shape index (κ1) is 22.8. The summed E-state index contributed by atoms with van der Waals surface area (Å²) in [5.74, 6) is -0.737. The van der Waals surface area contributed by atoms with Crippen LogP contribution in [0.3, 0.4) is 0 Å². The SMILES string of the molecule is Cc1cccc(-n2nnnc2SC(C(=O)Nc2ccccc2C(F)(F)F)C(C)C)c1C. The van der Waals surface area contributed by atoms with Gasteiger partial charge in [0.15, 0.2) is 0 Å². The maximum atomic E-state index is 13.3. The summed E-state index contributed by atoms with van der Waals surface area (Å²) < 4.78 is 41.4. The molecule has 31 heavy (non-hydrogen) atoms. The van der Waals surface area contributed by atoms with Gasteiger partial charge in [-0.05, 0) is 59.5 Å². The molecule has 0 aliphatic heterocycles. The average Bonchev–Trinajstić information content (AvgIpc) is 3.15. The molecule has 0 aliphatic rings. The summed E-state index contributed by atoms with van der Waals surface area (Å²) in [6.07, 6.45) is -4.57. The molecule has 1 amide bonds. The Kier molecular flexibility index (Phi) is 6.68. The van der Waals surface area contributed by atoms with Gasteiger partial charge in [-0.25, -0.2) is 0 Å². The van der Waals surface area contributed by atoms with Crippen molar-refractivity contribution in [2.75, 3.05) is 5.32 Å². The summed E-state index contributed by atoms with van der Waals surface area (Å²) in [6.45, 7) is 7.55. The number of carbonyl (C=O) groups is 1. The Labute approximate surface area is 182 Å². The number of alkyl halides is 3. The zero-order valence-electron chi connectivity index (χ0n) is 17.4. The first-order valence-electron chi connectivity index (χ1n) is 9.58. The summed E-state index contributed by atoms with van der Waals surface area (Å²) in [6, 6.07) is 10.6. The van der Waals surface area contributed by atoms with Crippen LogP contribution in [0.25, 0.3) is 5.69 Å². The van der Waals surface area contributed by atoms with Crippen molar-refractivity contribution in [1.82, 2.24) is 20.2 Å². The first-order chi connectivity index (χ1) is 14.6. The molecule has 2 aromatic carbocycles. The lowest BCUT2D eigenvalue weighted by Crippen LogP contribution is -2.31. The van der Waals surface area contributed by atoms with Gasteiger partial charge in [-0.2, -0.15) is 17.9 Å². The molecule has 164 valence electrons. The van der Waals surface area contributed by atoms with Crippen LogP contribution in [0.5, 0.6) is 0 Å². The molecule has 0 radical (unpaired) electrons. The van der Waals surface area contributed by atoms with E-state index in [0.717, 1.165) is 34.6 Å². The molecule has 3 aromatic rings. The van der Waals surface area contributed by atoms with Gasteiger partial charge < -0.3 is 5.32 Å². The van der Waals surface area contributed by atoms with Gasteiger partial charge in [0, 0.05) is 0 Å². The molecular formula is C21H22F3N5OS. The molecule has 1 atom stereocenters. The highest BCUT2D eigenvalue weighted by atomic mass is 32.2. The number of halogens is 3. The lowest BCUT2D eigenvalue weighted by atomic mass is 10.1. The number of para-hydroxylation sites is 1. The molecule has 0 fully saturated rings. The number of rotatable bonds is 6. The van der Waals surface area contributed by atoms with E-state index in [-0.39, 0.29) is 11.6 Å². The molecule has 0 aliphatic carbocycles. The zero-order chi connectivity index (χ0) is 22.8. The van der Waals surface area contributed by atoms with Gasteiger partial charge in [-0.15, -0.1) is 5.10 Å². The lowest BCUT2D eigenvalue weighted by molar-refractivity contribution is -0.137. The summed E-state index contributed by atoms with van der Waals surface area (Å²) in [5, 5.41) is 13.9. The monoisotopic (exact) mass is 449 g/mol. The number of anilines is 1. The van der Waals surface area contributed by atoms with Crippen molar-refractivity contribution in [2.45, 2.75) is 44.3 Å². The van der Waals surface area contributed by atoms with E-state index >= 15 is 0 Å². The number of aryl methyl sites for hydroxylation is 1. The van der Waals surface area contributed by atoms with Crippen LogP contribution in [0.2, 0.25) is 0 Å². The molecule has 6 nitrogen and oxygen atoms in total. The molecule has 3 rings (SSSR count). The van der Waals surface area contributed by atoms with E-state index in [1.807, 2.05) is 45.9 Å². The standard InChI is InChI=1S/C21H22F3N5OS/c1-12(2)18(19(30)25-16-10-6-5-9-15(16)21(22,23)24)31-20-26-27-28-29(20)17-11-7-8-13(3)14(17)4/h5-12,18H,1-4H3,(H,25,30). The number of hydrogen-bond acceptors (Lipinski definition) is 5. The Balaban J connectivity index is 1.88. The number of nitrogens with zero attached hydrogens (tertiary/aromatic N) is 4. The third kappa shape index (κ3) is 5.07. The van der Waals surface area contributed by atoms with E-state index < -0.39 is 22.9 Å². The number of nitrogens with one attached hydrogen (secondary N) is 1. The smallest absolute Gasteiger partial charge is 0.325 e. The van der Waals surface area contributed by atoms with E-state index in [9.17, 15) is 18.0 Å². The summed E-state index contributed by atoms with van der Waals surface area (Å²) in [7, 11) is 0. The van der Waals surface area contributed by atoms with E-state index in [1.54, 1.807) is 4.68 Å². The maximum absolute atomic E-state index is 13.3. The minimum Gasteiger partial charge on any atom is -0.325 e. The van der Waals surface area contributed by atoms with Gasteiger partial charge in [0.25, 0.3) is 0 Å². The van der Waals surface area contributed by atoms with E-state index in [2.05, 4.69) is 20.8 Å².